The Labute approximate surface area is 201 Å². The summed E-state index contributed by atoms with van der Waals surface area (Å²) in [5, 5.41) is 8.04. The molecule has 0 unspecified atom stereocenters. The van der Waals surface area contributed by atoms with Crippen LogP contribution in [0, 0.1) is 12.8 Å². The molecule has 0 radical (unpaired) electrons. The van der Waals surface area contributed by atoms with Crippen molar-refractivity contribution >= 4 is 24.8 Å². The molecule has 2 atom stereocenters. The molecule has 1 fully saturated rings. The van der Waals surface area contributed by atoms with Gasteiger partial charge in [0.05, 0.1) is 11.9 Å². The number of pyridine rings is 1. The summed E-state index contributed by atoms with van der Waals surface area (Å²) < 4.78 is 3.97. The maximum atomic E-state index is 13.2. The summed E-state index contributed by atoms with van der Waals surface area (Å²) in [6.07, 6.45) is 5.19. The summed E-state index contributed by atoms with van der Waals surface area (Å²) in [4.78, 5) is 15.3. The number of para-hydroxylation sites is 1. The minimum Gasteiger partial charge on any atom is -0.316 e. The standard InChI is InChI=1S/C24H29N5O.2ClH/c1-17-5-3-4-6-22(17)29-15-19(11-26-29)13-27(2)16-20-7-8-23-21-9-18(10-25-12-21)14-28(23)24(20)30;;/h3-8,11,15,18,21,25H,9-10,12-14,16H2,1-2H3;2*1H/t18-,21+;;/m0../s1. The molecule has 1 aromatic carbocycles. The van der Waals surface area contributed by atoms with Gasteiger partial charge >= 0.3 is 0 Å². The molecule has 5 rings (SSSR count). The lowest BCUT2D eigenvalue weighted by Crippen LogP contribution is -2.45. The Morgan fingerprint density at radius 1 is 1.12 bits per heavy atom. The zero-order valence-electron chi connectivity index (χ0n) is 18.5. The molecule has 6 nitrogen and oxygen atoms in total. The molecule has 1 N–H and O–H groups in total. The Morgan fingerprint density at radius 2 is 1.94 bits per heavy atom. The highest BCUT2D eigenvalue weighted by molar-refractivity contribution is 5.85. The van der Waals surface area contributed by atoms with Crippen molar-refractivity contribution in [1.29, 1.82) is 0 Å². The third-order valence-corrected chi connectivity index (χ3v) is 6.48. The van der Waals surface area contributed by atoms with Crippen LogP contribution in [0.5, 0.6) is 0 Å². The molecular formula is C24H31Cl2N5O. The quantitative estimate of drug-likeness (QED) is 0.613. The molecule has 0 aliphatic carbocycles. The number of halogens is 2. The van der Waals surface area contributed by atoms with Crippen molar-refractivity contribution in [3.05, 3.63) is 81.5 Å². The van der Waals surface area contributed by atoms with Crippen LogP contribution in [0.2, 0.25) is 0 Å². The summed E-state index contributed by atoms with van der Waals surface area (Å²) in [6, 6.07) is 12.5. The average molecular weight is 476 g/mol. The van der Waals surface area contributed by atoms with E-state index in [1.807, 2.05) is 33.6 Å². The van der Waals surface area contributed by atoms with Crippen molar-refractivity contribution in [2.24, 2.45) is 5.92 Å². The summed E-state index contributed by atoms with van der Waals surface area (Å²) >= 11 is 0. The van der Waals surface area contributed by atoms with Gasteiger partial charge in [0.15, 0.2) is 0 Å². The molecule has 2 aliphatic rings. The first-order chi connectivity index (χ1) is 14.6. The first kappa shape index (κ1) is 24.5. The van der Waals surface area contributed by atoms with Crippen LogP contribution in [0.3, 0.4) is 0 Å². The number of hydrogen-bond donors (Lipinski definition) is 1. The average Bonchev–Trinajstić information content (AvgIpc) is 3.19. The van der Waals surface area contributed by atoms with Gasteiger partial charge in [0.1, 0.15) is 0 Å². The summed E-state index contributed by atoms with van der Waals surface area (Å²) in [6.45, 7) is 6.34. The lowest BCUT2D eigenvalue weighted by atomic mass is 9.84. The maximum Gasteiger partial charge on any atom is 0.255 e. The van der Waals surface area contributed by atoms with E-state index in [0.29, 0.717) is 18.4 Å². The van der Waals surface area contributed by atoms with Gasteiger partial charge in [-0.2, -0.15) is 5.10 Å². The number of hydrogen-bond acceptors (Lipinski definition) is 4. The van der Waals surface area contributed by atoms with Crippen LogP contribution < -0.4 is 10.9 Å². The molecule has 4 heterocycles. The van der Waals surface area contributed by atoms with Gasteiger partial charge in [-0.05, 0) is 50.6 Å². The Bertz CT molecular complexity index is 1130. The fraction of sp³-hybridized carbons (Fsp3) is 0.417. The second-order valence-electron chi connectivity index (χ2n) is 8.91. The number of aromatic nitrogens is 3. The fourth-order valence-electron chi connectivity index (χ4n) is 5.01. The third-order valence-electron chi connectivity index (χ3n) is 6.48. The molecule has 2 bridgehead atoms. The van der Waals surface area contributed by atoms with Crippen LogP contribution in [0.25, 0.3) is 5.69 Å². The number of rotatable bonds is 5. The first-order valence-electron chi connectivity index (χ1n) is 10.8. The Kier molecular flexibility index (Phi) is 7.83. The molecular weight excluding hydrogens is 445 g/mol. The normalized spacial score (nSPS) is 19.1. The largest absolute Gasteiger partial charge is 0.316 e. The van der Waals surface area contributed by atoms with Crippen molar-refractivity contribution in [2.45, 2.75) is 38.9 Å². The lowest BCUT2D eigenvalue weighted by Gasteiger charge is -2.37. The highest BCUT2D eigenvalue weighted by atomic mass is 35.5. The predicted octanol–water partition coefficient (Wildman–Crippen LogP) is 3.52. The van der Waals surface area contributed by atoms with E-state index in [4.69, 9.17) is 0 Å². The maximum absolute atomic E-state index is 13.2. The zero-order chi connectivity index (χ0) is 20.7. The molecule has 2 aromatic heterocycles. The van der Waals surface area contributed by atoms with E-state index in [0.717, 1.165) is 43.0 Å². The molecule has 172 valence electrons. The molecule has 0 saturated carbocycles. The Balaban J connectivity index is 0.00000144. The van der Waals surface area contributed by atoms with Crippen LogP contribution in [-0.2, 0) is 19.6 Å². The van der Waals surface area contributed by atoms with E-state index in [1.54, 1.807) is 0 Å². The van der Waals surface area contributed by atoms with Gasteiger partial charge in [-0.15, -0.1) is 24.8 Å². The number of fused-ring (bicyclic) bond motifs is 4. The fourth-order valence-corrected chi connectivity index (χ4v) is 5.01. The number of aryl methyl sites for hydroxylation is 1. The summed E-state index contributed by atoms with van der Waals surface area (Å²) in [5.41, 5.74) is 5.70. The smallest absolute Gasteiger partial charge is 0.255 e. The minimum atomic E-state index is 0. The molecule has 0 spiro atoms. The molecule has 3 aromatic rings. The lowest BCUT2D eigenvalue weighted by molar-refractivity contribution is 0.254. The van der Waals surface area contributed by atoms with Crippen molar-refractivity contribution in [3.63, 3.8) is 0 Å². The van der Waals surface area contributed by atoms with Gasteiger partial charge in [-0.1, -0.05) is 24.3 Å². The van der Waals surface area contributed by atoms with Gasteiger partial charge in [0.25, 0.3) is 5.56 Å². The van der Waals surface area contributed by atoms with Crippen molar-refractivity contribution < 1.29 is 0 Å². The number of nitrogens with zero attached hydrogens (tertiary/aromatic N) is 4. The van der Waals surface area contributed by atoms with Gasteiger partial charge in [-0.3, -0.25) is 9.69 Å². The van der Waals surface area contributed by atoms with Gasteiger partial charge in [0, 0.05) is 55.1 Å². The van der Waals surface area contributed by atoms with Crippen LogP contribution in [0.1, 0.15) is 34.7 Å². The Morgan fingerprint density at radius 3 is 2.75 bits per heavy atom. The van der Waals surface area contributed by atoms with Crippen LogP contribution in [-0.4, -0.2) is 39.4 Å². The first-order valence-corrected chi connectivity index (χ1v) is 10.8. The number of piperidine rings is 1. The van der Waals surface area contributed by atoms with Crippen LogP contribution in [0.4, 0.5) is 0 Å². The molecule has 32 heavy (non-hydrogen) atoms. The van der Waals surface area contributed by atoms with E-state index >= 15 is 0 Å². The molecule has 0 amide bonds. The third kappa shape index (κ3) is 4.79. The van der Waals surface area contributed by atoms with Crippen molar-refractivity contribution in [1.82, 2.24) is 24.6 Å². The van der Waals surface area contributed by atoms with E-state index in [9.17, 15) is 4.79 Å². The predicted molar refractivity (Wildman–Crippen MR) is 132 cm³/mol. The number of benzene rings is 1. The molecule has 1 saturated heterocycles. The number of nitrogens with one attached hydrogen (secondary N) is 1. The topological polar surface area (TPSA) is 55.1 Å². The van der Waals surface area contributed by atoms with Crippen molar-refractivity contribution in [2.75, 3.05) is 20.1 Å². The molecule has 8 heteroatoms. The van der Waals surface area contributed by atoms with E-state index in [2.05, 4.69) is 53.7 Å². The Hall–Kier alpha value is -2.12. The van der Waals surface area contributed by atoms with E-state index < -0.39 is 0 Å². The zero-order valence-corrected chi connectivity index (χ0v) is 20.2. The second-order valence-corrected chi connectivity index (χ2v) is 8.91. The van der Waals surface area contributed by atoms with Crippen LogP contribution >= 0.6 is 24.8 Å². The van der Waals surface area contributed by atoms with Gasteiger partial charge < -0.3 is 9.88 Å². The van der Waals surface area contributed by atoms with Crippen molar-refractivity contribution in [3.8, 4) is 5.69 Å². The summed E-state index contributed by atoms with van der Waals surface area (Å²) in [5.74, 6) is 1.05. The van der Waals surface area contributed by atoms with Crippen LogP contribution in [0.15, 0.2) is 53.6 Å². The van der Waals surface area contributed by atoms with Gasteiger partial charge in [0.2, 0.25) is 0 Å². The SMILES string of the molecule is Cc1ccccc1-n1cc(CN(C)Cc2ccc3n(c2=O)C[C@@H]2CNC[C@H]3C2)cn1.Cl.Cl. The monoisotopic (exact) mass is 475 g/mol. The highest BCUT2D eigenvalue weighted by Gasteiger charge is 2.31. The molecule has 2 aliphatic heterocycles. The highest BCUT2D eigenvalue weighted by Crippen LogP contribution is 2.31. The summed E-state index contributed by atoms with van der Waals surface area (Å²) in [7, 11) is 2.06. The van der Waals surface area contributed by atoms with E-state index in [1.165, 1.54) is 17.7 Å². The van der Waals surface area contributed by atoms with E-state index in [-0.39, 0.29) is 30.4 Å². The van der Waals surface area contributed by atoms with Gasteiger partial charge in [-0.25, -0.2) is 4.68 Å². The second kappa shape index (κ2) is 10.2. The minimum absolute atomic E-state index is 0.